The van der Waals surface area contributed by atoms with Gasteiger partial charge >= 0.3 is 23.9 Å². The van der Waals surface area contributed by atoms with E-state index in [1.165, 1.54) is 38.2 Å². The third kappa shape index (κ3) is 4.26. The fraction of sp³-hybridized carbons (Fsp3) is 0.450. The van der Waals surface area contributed by atoms with Crippen molar-refractivity contribution in [2.24, 2.45) is 22.7 Å². The molecule has 0 spiro atoms. The molecule has 6 rings (SSSR count). The van der Waals surface area contributed by atoms with Crippen molar-refractivity contribution < 1.29 is 47.7 Å². The molecular formula is C40H42O10. The molecule has 0 amide bonds. The average Bonchev–Trinajstić information content (AvgIpc) is 3.50. The zero-order valence-electron chi connectivity index (χ0n) is 30.0. The highest BCUT2D eigenvalue weighted by atomic mass is 16.6. The Labute approximate surface area is 291 Å². The summed E-state index contributed by atoms with van der Waals surface area (Å²) in [4.78, 5) is 83.1. The minimum absolute atomic E-state index is 0.0919. The number of hydrogen-bond donors (Lipinski definition) is 0. The molecular weight excluding hydrogens is 640 g/mol. The van der Waals surface area contributed by atoms with Crippen LogP contribution in [-0.4, -0.2) is 58.9 Å². The maximum atomic E-state index is 14.0. The van der Waals surface area contributed by atoms with Gasteiger partial charge in [-0.3, -0.25) is 9.59 Å². The first kappa shape index (κ1) is 35.0. The van der Waals surface area contributed by atoms with Gasteiger partial charge in [-0.05, 0) is 77.7 Å². The van der Waals surface area contributed by atoms with Crippen LogP contribution in [0.2, 0.25) is 0 Å². The summed E-state index contributed by atoms with van der Waals surface area (Å²) in [5.41, 5.74) is -5.16. The molecule has 8 atom stereocenters. The van der Waals surface area contributed by atoms with Crippen molar-refractivity contribution in [3.05, 3.63) is 93.2 Å². The van der Waals surface area contributed by atoms with Crippen LogP contribution in [0.15, 0.2) is 93.2 Å². The van der Waals surface area contributed by atoms with E-state index in [-0.39, 0.29) is 45.3 Å². The van der Waals surface area contributed by atoms with Crippen molar-refractivity contribution in [3.63, 3.8) is 0 Å². The fourth-order valence-corrected chi connectivity index (χ4v) is 8.38. The van der Waals surface area contributed by atoms with Crippen molar-refractivity contribution in [1.29, 1.82) is 0 Å². The molecule has 2 unspecified atom stereocenters. The van der Waals surface area contributed by atoms with Crippen LogP contribution in [0.1, 0.15) is 69.2 Å². The molecule has 0 bridgehead atoms. The zero-order valence-corrected chi connectivity index (χ0v) is 30.0. The van der Waals surface area contributed by atoms with Gasteiger partial charge in [-0.2, -0.15) is 0 Å². The van der Waals surface area contributed by atoms with Crippen LogP contribution >= 0.6 is 0 Å². The minimum atomic E-state index is -2.12. The van der Waals surface area contributed by atoms with E-state index in [2.05, 4.69) is 0 Å². The molecule has 0 saturated heterocycles. The highest BCUT2D eigenvalue weighted by Gasteiger charge is 2.76. The third-order valence-corrected chi connectivity index (χ3v) is 12.2. The van der Waals surface area contributed by atoms with Crippen molar-refractivity contribution in [2.45, 2.75) is 92.6 Å². The summed E-state index contributed by atoms with van der Waals surface area (Å²) in [5.74, 6) is -4.53. The number of rotatable bonds is 5. The maximum Gasteiger partial charge on any atom is 0.335 e. The molecule has 2 heterocycles. The number of ether oxygens (including phenoxy) is 4. The Bertz CT molecular complexity index is 1820. The van der Waals surface area contributed by atoms with Gasteiger partial charge in [-0.25, -0.2) is 19.2 Å². The standard InChI is InChI=1S/C40H42O10/c1-11-19(3)33(43)47-31-29-23(7)35(45)49-39(29,17-25-27(41)15-13-21(5)37(25,31)9)40-18-26-28(42)16-14-22(6)38(26,10)32(48-34(44)20(4)12-2)30(40)24(8)36(46)50-40/h11-18,21-22,31-32H,1-10H3/b19-11-,20-12-/t21-,22-,31+,32+,37+,38+,39?,40?/m0/s1. The van der Waals surface area contributed by atoms with E-state index in [0.29, 0.717) is 11.1 Å². The molecule has 6 aliphatic rings. The average molecular weight is 683 g/mol. The van der Waals surface area contributed by atoms with Crippen LogP contribution in [0, 0.1) is 22.7 Å². The van der Waals surface area contributed by atoms with Crippen LogP contribution < -0.4 is 0 Å². The highest BCUT2D eigenvalue weighted by Crippen LogP contribution is 2.66. The summed E-state index contributed by atoms with van der Waals surface area (Å²) in [6.45, 7) is 17.0. The van der Waals surface area contributed by atoms with E-state index >= 15 is 0 Å². The van der Waals surface area contributed by atoms with Crippen molar-refractivity contribution in [3.8, 4) is 0 Å². The van der Waals surface area contributed by atoms with E-state index < -0.39 is 69.7 Å². The van der Waals surface area contributed by atoms with E-state index in [9.17, 15) is 28.8 Å². The van der Waals surface area contributed by atoms with E-state index in [1.807, 2.05) is 13.8 Å². The summed E-state index contributed by atoms with van der Waals surface area (Å²) in [6.07, 6.45) is 9.94. The second-order valence-electron chi connectivity index (χ2n) is 14.5. The molecule has 50 heavy (non-hydrogen) atoms. The Morgan fingerprint density at radius 2 is 1.02 bits per heavy atom. The minimum Gasteiger partial charge on any atom is -0.453 e. The summed E-state index contributed by atoms with van der Waals surface area (Å²) >= 11 is 0. The molecule has 10 heteroatoms. The molecule has 0 fully saturated rings. The highest BCUT2D eigenvalue weighted by molar-refractivity contribution is 6.10. The lowest BCUT2D eigenvalue weighted by Gasteiger charge is -2.57. The van der Waals surface area contributed by atoms with Crippen LogP contribution in [0.3, 0.4) is 0 Å². The van der Waals surface area contributed by atoms with E-state index in [1.54, 1.807) is 65.8 Å². The topological polar surface area (TPSA) is 139 Å². The van der Waals surface area contributed by atoms with Crippen molar-refractivity contribution >= 4 is 35.4 Å². The Balaban J connectivity index is 1.76. The predicted molar refractivity (Wildman–Crippen MR) is 181 cm³/mol. The lowest BCUT2D eigenvalue weighted by atomic mass is 9.50. The van der Waals surface area contributed by atoms with Crippen LogP contribution in [0.4, 0.5) is 0 Å². The fourth-order valence-electron chi connectivity index (χ4n) is 8.38. The Kier molecular flexibility index (Phi) is 7.93. The second kappa shape index (κ2) is 11.3. The zero-order chi connectivity index (χ0) is 36.9. The molecule has 0 saturated carbocycles. The third-order valence-electron chi connectivity index (χ3n) is 12.2. The van der Waals surface area contributed by atoms with E-state index in [4.69, 9.17) is 18.9 Å². The van der Waals surface area contributed by atoms with Gasteiger partial charge in [-0.1, -0.05) is 52.0 Å². The molecule has 0 aromatic rings. The summed E-state index contributed by atoms with van der Waals surface area (Å²) in [5, 5.41) is 0. The molecule has 2 aliphatic heterocycles. The Hall–Kier alpha value is -4.86. The summed E-state index contributed by atoms with van der Waals surface area (Å²) in [7, 11) is 0. The van der Waals surface area contributed by atoms with E-state index in [0.717, 1.165) is 0 Å². The molecule has 0 aromatic carbocycles. The number of carbonyl (C=O) groups is 6. The number of hydrogen-bond acceptors (Lipinski definition) is 10. The number of ketones is 2. The van der Waals surface area contributed by atoms with Crippen molar-refractivity contribution in [1.82, 2.24) is 0 Å². The number of fused-ring (bicyclic) bond motifs is 5. The van der Waals surface area contributed by atoms with Gasteiger partial charge < -0.3 is 18.9 Å². The van der Waals surface area contributed by atoms with Gasteiger partial charge in [0.05, 0.1) is 0 Å². The van der Waals surface area contributed by atoms with Gasteiger partial charge in [0.1, 0.15) is 12.2 Å². The second-order valence-corrected chi connectivity index (χ2v) is 14.5. The first-order chi connectivity index (χ1) is 23.4. The summed E-state index contributed by atoms with van der Waals surface area (Å²) in [6, 6.07) is 0. The van der Waals surface area contributed by atoms with Crippen LogP contribution in [-0.2, 0) is 47.7 Å². The normalized spacial score (nSPS) is 37.7. The monoisotopic (exact) mass is 682 g/mol. The smallest absolute Gasteiger partial charge is 0.335 e. The summed E-state index contributed by atoms with van der Waals surface area (Å²) < 4.78 is 25.4. The maximum absolute atomic E-state index is 14.0. The first-order valence-corrected chi connectivity index (χ1v) is 16.9. The van der Waals surface area contributed by atoms with Gasteiger partial charge in [0.25, 0.3) is 0 Å². The van der Waals surface area contributed by atoms with Gasteiger partial charge in [0.15, 0.2) is 11.6 Å². The number of allylic oxidation sites excluding steroid dienone is 6. The van der Waals surface area contributed by atoms with Gasteiger partial charge in [-0.15, -0.1) is 0 Å². The molecule has 262 valence electrons. The molecule has 0 aromatic heterocycles. The lowest BCUT2D eigenvalue weighted by molar-refractivity contribution is -0.179. The molecule has 4 aliphatic carbocycles. The molecule has 0 N–H and O–H groups in total. The predicted octanol–water partition coefficient (Wildman–Crippen LogP) is 5.41. The quantitative estimate of drug-likeness (QED) is 0.210. The Morgan fingerprint density at radius 1 is 0.680 bits per heavy atom. The first-order valence-electron chi connectivity index (χ1n) is 16.9. The number of esters is 4. The molecule has 0 radical (unpaired) electrons. The van der Waals surface area contributed by atoms with Gasteiger partial charge in [0.2, 0.25) is 11.2 Å². The SMILES string of the molecule is C/C=C(/C)C(=O)O[C@@H]1C2=C(C)C(=O)OC2(C23C=C4C(=O)C=C[C@H](C)[C@@]4(C)[C@H](OC(=O)/C(C)=C\C)C2=C(C)C(=O)O3)C=C2C(=O)C=C[C@H](C)[C@]21C. The Morgan fingerprint density at radius 3 is 1.34 bits per heavy atom. The number of carbonyl (C=O) groups excluding carboxylic acids is 6. The van der Waals surface area contributed by atoms with Crippen LogP contribution in [0.5, 0.6) is 0 Å². The van der Waals surface area contributed by atoms with Gasteiger partial charge in [0, 0.05) is 55.4 Å². The van der Waals surface area contributed by atoms with Crippen molar-refractivity contribution in [2.75, 3.05) is 0 Å². The lowest BCUT2D eigenvalue weighted by Crippen LogP contribution is -2.67. The largest absolute Gasteiger partial charge is 0.453 e. The molecule has 10 nitrogen and oxygen atoms in total. The van der Waals surface area contributed by atoms with Crippen LogP contribution in [0.25, 0.3) is 0 Å².